The highest BCUT2D eigenvalue weighted by atomic mass is 16.6. The molecule has 1 unspecified atom stereocenters. The predicted octanol–water partition coefficient (Wildman–Crippen LogP) is 5.80. The summed E-state index contributed by atoms with van der Waals surface area (Å²) in [5.74, 6) is 0.270. The van der Waals surface area contributed by atoms with Crippen LogP contribution in [-0.2, 0) is 14.3 Å². The van der Waals surface area contributed by atoms with Gasteiger partial charge >= 0.3 is 11.9 Å². The smallest absolute Gasteiger partial charge is 0.344 e. The molecule has 0 aliphatic carbocycles. The summed E-state index contributed by atoms with van der Waals surface area (Å²) < 4.78 is 16.4. The first-order chi connectivity index (χ1) is 12.9. The first-order valence-electron chi connectivity index (χ1n) is 10.1. The van der Waals surface area contributed by atoms with Gasteiger partial charge in [0.05, 0.1) is 5.41 Å². The average molecular weight is 407 g/mol. The molecule has 0 radical (unpaired) electrons. The van der Waals surface area contributed by atoms with Gasteiger partial charge in [0.2, 0.25) is 0 Å². The van der Waals surface area contributed by atoms with E-state index in [-0.39, 0.29) is 23.4 Å². The topological polar surface area (TPSA) is 61.8 Å². The van der Waals surface area contributed by atoms with Gasteiger partial charge in [-0.1, -0.05) is 41.5 Å². The Hall–Kier alpha value is -2.04. The average Bonchev–Trinajstić information content (AvgIpc) is 2.49. The fourth-order valence-electron chi connectivity index (χ4n) is 3.04. The van der Waals surface area contributed by atoms with Crippen molar-refractivity contribution in [2.24, 2.45) is 16.2 Å². The molecule has 0 bridgehead atoms. The van der Waals surface area contributed by atoms with Crippen LogP contribution in [0.2, 0.25) is 0 Å². The lowest BCUT2D eigenvalue weighted by Crippen LogP contribution is -2.45. The second-order valence-corrected chi connectivity index (χ2v) is 11.1. The number of esters is 2. The minimum absolute atomic E-state index is 0.0135. The molecule has 0 N–H and O–H groups in total. The van der Waals surface area contributed by atoms with E-state index >= 15 is 0 Å². The largest absolute Gasteiger partial charge is 0.482 e. The van der Waals surface area contributed by atoms with Gasteiger partial charge in [0.15, 0.2) is 6.61 Å². The number of carbonyl (C=O) groups excluding carboxylic acids is 2. The maximum absolute atomic E-state index is 13.1. The molecule has 0 spiro atoms. The summed E-state index contributed by atoms with van der Waals surface area (Å²) in [6.07, 6.45) is 0.708. The second-order valence-electron chi connectivity index (χ2n) is 11.1. The molecule has 1 atom stereocenters. The van der Waals surface area contributed by atoms with Gasteiger partial charge in [0, 0.05) is 0 Å². The van der Waals surface area contributed by atoms with E-state index in [2.05, 4.69) is 41.5 Å². The second kappa shape index (κ2) is 8.76. The van der Waals surface area contributed by atoms with Crippen molar-refractivity contribution in [1.82, 2.24) is 0 Å². The van der Waals surface area contributed by atoms with E-state index in [1.54, 1.807) is 45.0 Å². The van der Waals surface area contributed by atoms with Crippen LogP contribution in [0.4, 0.5) is 0 Å². The first-order valence-corrected chi connectivity index (χ1v) is 10.1. The lowest BCUT2D eigenvalue weighted by molar-refractivity contribution is -0.157. The number of hydrogen-bond acceptors (Lipinski definition) is 5. The Balaban J connectivity index is 2.81. The van der Waals surface area contributed by atoms with Gasteiger partial charge in [0.1, 0.15) is 17.1 Å². The van der Waals surface area contributed by atoms with Crippen LogP contribution in [0, 0.1) is 16.2 Å². The van der Waals surface area contributed by atoms with Crippen LogP contribution in [0.5, 0.6) is 11.5 Å². The standard InChI is InChI=1S/C24H38O5/c1-21(2,3)16-24(10,22(4,5)6)20(26)28-18-13-11-17(12-14-18)27-15-19(25)29-23(7,8)9/h11-14H,15-16H2,1-10H3. The van der Waals surface area contributed by atoms with Crippen molar-refractivity contribution in [2.45, 2.75) is 81.3 Å². The molecule has 0 amide bonds. The fraction of sp³-hybridized carbons (Fsp3) is 0.667. The number of benzene rings is 1. The molecular weight excluding hydrogens is 368 g/mol. The molecule has 1 aromatic rings. The van der Waals surface area contributed by atoms with Crippen molar-refractivity contribution in [3.8, 4) is 11.5 Å². The Kier molecular flexibility index (Phi) is 7.55. The zero-order chi connectivity index (χ0) is 22.7. The van der Waals surface area contributed by atoms with Crippen LogP contribution in [-0.4, -0.2) is 24.1 Å². The summed E-state index contributed by atoms with van der Waals surface area (Å²) in [5, 5.41) is 0. The Morgan fingerprint density at radius 3 is 1.69 bits per heavy atom. The van der Waals surface area contributed by atoms with E-state index in [1.165, 1.54) is 0 Å². The molecule has 0 heterocycles. The highest BCUT2D eigenvalue weighted by Crippen LogP contribution is 2.47. The quantitative estimate of drug-likeness (QED) is 0.441. The zero-order valence-electron chi connectivity index (χ0n) is 19.8. The number of hydrogen-bond donors (Lipinski definition) is 0. The summed E-state index contributed by atoms with van der Waals surface area (Å²) in [6.45, 7) is 19.8. The number of carbonyl (C=O) groups is 2. The minimum atomic E-state index is -0.642. The molecule has 1 rings (SSSR count). The van der Waals surface area contributed by atoms with E-state index in [4.69, 9.17) is 14.2 Å². The summed E-state index contributed by atoms with van der Waals surface area (Å²) in [4.78, 5) is 24.8. The molecule has 1 aromatic carbocycles. The molecule has 29 heavy (non-hydrogen) atoms. The molecule has 0 fully saturated rings. The summed E-state index contributed by atoms with van der Waals surface area (Å²) in [6, 6.07) is 6.68. The summed E-state index contributed by atoms with van der Waals surface area (Å²) >= 11 is 0. The van der Waals surface area contributed by atoms with Crippen molar-refractivity contribution < 1.29 is 23.8 Å². The molecular formula is C24H38O5. The van der Waals surface area contributed by atoms with Gasteiger partial charge in [0.25, 0.3) is 0 Å². The van der Waals surface area contributed by atoms with Gasteiger partial charge in [-0.2, -0.15) is 0 Å². The monoisotopic (exact) mass is 406 g/mol. The predicted molar refractivity (Wildman–Crippen MR) is 115 cm³/mol. The van der Waals surface area contributed by atoms with Crippen LogP contribution < -0.4 is 9.47 Å². The Labute approximate surface area is 176 Å². The van der Waals surface area contributed by atoms with Crippen LogP contribution in [0.25, 0.3) is 0 Å². The van der Waals surface area contributed by atoms with Crippen LogP contribution in [0.15, 0.2) is 24.3 Å². The third kappa shape index (κ3) is 8.08. The lowest BCUT2D eigenvalue weighted by atomic mass is 9.61. The fourth-order valence-corrected chi connectivity index (χ4v) is 3.04. The lowest BCUT2D eigenvalue weighted by Gasteiger charge is -2.43. The molecule has 0 saturated carbocycles. The van der Waals surface area contributed by atoms with E-state index in [0.29, 0.717) is 17.9 Å². The van der Waals surface area contributed by atoms with Crippen molar-refractivity contribution in [3.05, 3.63) is 24.3 Å². The third-order valence-corrected chi connectivity index (χ3v) is 4.80. The van der Waals surface area contributed by atoms with E-state index in [0.717, 1.165) is 0 Å². The highest BCUT2D eigenvalue weighted by molar-refractivity contribution is 5.79. The van der Waals surface area contributed by atoms with Crippen molar-refractivity contribution in [3.63, 3.8) is 0 Å². The third-order valence-electron chi connectivity index (χ3n) is 4.80. The summed E-state index contributed by atoms with van der Waals surface area (Å²) in [7, 11) is 0. The van der Waals surface area contributed by atoms with E-state index in [9.17, 15) is 9.59 Å². The van der Waals surface area contributed by atoms with Crippen molar-refractivity contribution in [1.29, 1.82) is 0 Å². The van der Waals surface area contributed by atoms with Gasteiger partial charge in [-0.3, -0.25) is 4.79 Å². The maximum Gasteiger partial charge on any atom is 0.344 e. The summed E-state index contributed by atoms with van der Waals surface area (Å²) in [5.41, 5.74) is -1.46. The van der Waals surface area contributed by atoms with Crippen molar-refractivity contribution in [2.75, 3.05) is 6.61 Å². The SMILES string of the molecule is CC(C)(C)CC(C)(C(=O)Oc1ccc(OCC(=O)OC(C)(C)C)cc1)C(C)(C)C. The Morgan fingerprint density at radius 1 is 0.793 bits per heavy atom. The van der Waals surface area contributed by atoms with Crippen LogP contribution in [0.3, 0.4) is 0 Å². The zero-order valence-corrected chi connectivity index (χ0v) is 19.8. The molecule has 5 heteroatoms. The van der Waals surface area contributed by atoms with Gasteiger partial charge in [-0.05, 0) is 69.2 Å². The van der Waals surface area contributed by atoms with Gasteiger partial charge in [-0.15, -0.1) is 0 Å². The first kappa shape index (κ1) is 25.0. The molecule has 0 aromatic heterocycles. The highest BCUT2D eigenvalue weighted by Gasteiger charge is 2.47. The molecule has 5 nitrogen and oxygen atoms in total. The van der Waals surface area contributed by atoms with E-state index < -0.39 is 17.0 Å². The molecule has 0 aliphatic rings. The number of ether oxygens (including phenoxy) is 3. The van der Waals surface area contributed by atoms with Crippen molar-refractivity contribution >= 4 is 11.9 Å². The Bertz CT molecular complexity index is 699. The van der Waals surface area contributed by atoms with Gasteiger partial charge < -0.3 is 14.2 Å². The normalized spacial score (nSPS) is 14.7. The molecule has 164 valence electrons. The van der Waals surface area contributed by atoms with Crippen LogP contribution >= 0.6 is 0 Å². The number of rotatable bonds is 6. The van der Waals surface area contributed by atoms with E-state index in [1.807, 2.05) is 6.92 Å². The Morgan fingerprint density at radius 2 is 1.28 bits per heavy atom. The maximum atomic E-state index is 13.1. The minimum Gasteiger partial charge on any atom is -0.482 e. The van der Waals surface area contributed by atoms with Gasteiger partial charge in [-0.25, -0.2) is 4.79 Å². The van der Waals surface area contributed by atoms with Crippen LogP contribution in [0.1, 0.15) is 75.7 Å². The molecule has 0 saturated heterocycles. The molecule has 0 aliphatic heterocycles.